The molecule has 9 rings (SSSR count). The molecule has 8 aromatic carbocycles. The van der Waals surface area contributed by atoms with Gasteiger partial charge >= 0.3 is 0 Å². The Morgan fingerprint density at radius 3 is 1.62 bits per heavy atom. The van der Waals surface area contributed by atoms with E-state index in [1.165, 1.54) is 22.3 Å². The quantitative estimate of drug-likeness (QED) is 0.173. The van der Waals surface area contributed by atoms with Crippen LogP contribution in [0.1, 0.15) is 0 Å². The minimum Gasteiger partial charge on any atom is -0.456 e. The molecule has 1 heterocycles. The van der Waals surface area contributed by atoms with Gasteiger partial charge in [0.05, 0.1) is 5.69 Å². The Morgan fingerprint density at radius 1 is 0.320 bits per heavy atom. The van der Waals surface area contributed by atoms with Crippen LogP contribution >= 0.6 is 0 Å². The third kappa shape index (κ3) is 5.43. The van der Waals surface area contributed by atoms with Gasteiger partial charge in [-0.2, -0.15) is 0 Å². The van der Waals surface area contributed by atoms with Crippen LogP contribution in [0, 0.1) is 0 Å². The summed E-state index contributed by atoms with van der Waals surface area (Å²) in [6.07, 6.45) is 0. The highest BCUT2D eigenvalue weighted by Gasteiger charge is 2.22. The molecule has 0 bridgehead atoms. The molecule has 2 heteroatoms. The fraction of sp³-hybridized carbons (Fsp3) is 0. The average molecular weight is 640 g/mol. The molecule has 0 spiro atoms. The van der Waals surface area contributed by atoms with Gasteiger partial charge < -0.3 is 9.32 Å². The van der Waals surface area contributed by atoms with E-state index in [1.54, 1.807) is 0 Å². The molecule has 0 saturated heterocycles. The zero-order valence-electron chi connectivity index (χ0n) is 27.4. The largest absolute Gasteiger partial charge is 0.456 e. The van der Waals surface area contributed by atoms with Crippen LogP contribution < -0.4 is 4.90 Å². The topological polar surface area (TPSA) is 16.4 Å². The number of nitrogens with zero attached hydrogens (tertiary/aromatic N) is 1. The van der Waals surface area contributed by atoms with Gasteiger partial charge in [0.1, 0.15) is 11.2 Å². The fourth-order valence-corrected chi connectivity index (χ4v) is 7.09. The van der Waals surface area contributed by atoms with E-state index in [0.717, 1.165) is 61.3 Å². The van der Waals surface area contributed by atoms with Crippen molar-refractivity contribution in [1.82, 2.24) is 0 Å². The second kappa shape index (κ2) is 12.8. The second-order valence-corrected chi connectivity index (χ2v) is 12.5. The number of hydrogen-bond donors (Lipinski definition) is 0. The zero-order valence-corrected chi connectivity index (χ0v) is 27.4. The van der Waals surface area contributed by atoms with E-state index in [4.69, 9.17) is 4.42 Å². The summed E-state index contributed by atoms with van der Waals surface area (Å²) < 4.78 is 6.45. The lowest BCUT2D eigenvalue weighted by atomic mass is 9.90. The van der Waals surface area contributed by atoms with Crippen LogP contribution in [-0.4, -0.2) is 0 Å². The number of furan rings is 1. The summed E-state index contributed by atoms with van der Waals surface area (Å²) >= 11 is 0. The fourth-order valence-electron chi connectivity index (χ4n) is 7.09. The van der Waals surface area contributed by atoms with Crippen LogP contribution in [0.2, 0.25) is 0 Å². The Morgan fingerprint density at radius 2 is 0.860 bits per heavy atom. The molecule has 1 aromatic heterocycles. The zero-order chi connectivity index (χ0) is 33.3. The van der Waals surface area contributed by atoms with Crippen molar-refractivity contribution >= 4 is 39.0 Å². The summed E-state index contributed by atoms with van der Waals surface area (Å²) in [4.78, 5) is 2.37. The summed E-state index contributed by atoms with van der Waals surface area (Å²) in [5.74, 6) is 0. The molecular formula is C48H33NO. The third-order valence-corrected chi connectivity index (χ3v) is 9.48. The first-order chi connectivity index (χ1) is 24.8. The van der Waals surface area contributed by atoms with Crippen LogP contribution in [0.3, 0.4) is 0 Å². The van der Waals surface area contributed by atoms with Gasteiger partial charge in [0.25, 0.3) is 0 Å². The molecule has 0 N–H and O–H groups in total. The molecule has 2 nitrogen and oxygen atoms in total. The molecule has 0 saturated carbocycles. The Bertz CT molecular complexity index is 2570. The van der Waals surface area contributed by atoms with Crippen molar-refractivity contribution in [2.45, 2.75) is 0 Å². The van der Waals surface area contributed by atoms with Gasteiger partial charge in [0.2, 0.25) is 0 Å². The van der Waals surface area contributed by atoms with E-state index in [2.05, 4.69) is 193 Å². The Labute approximate surface area is 292 Å². The molecule has 50 heavy (non-hydrogen) atoms. The smallest absolute Gasteiger partial charge is 0.136 e. The molecule has 0 radical (unpaired) electrons. The minimum atomic E-state index is 0.876. The van der Waals surface area contributed by atoms with Gasteiger partial charge in [-0.1, -0.05) is 146 Å². The number of benzene rings is 8. The van der Waals surface area contributed by atoms with Crippen molar-refractivity contribution in [2.24, 2.45) is 0 Å². The van der Waals surface area contributed by atoms with E-state index in [9.17, 15) is 0 Å². The van der Waals surface area contributed by atoms with Gasteiger partial charge in [0, 0.05) is 27.7 Å². The Kier molecular flexibility index (Phi) is 7.53. The van der Waals surface area contributed by atoms with Gasteiger partial charge in [-0.3, -0.25) is 0 Å². The third-order valence-electron chi connectivity index (χ3n) is 9.48. The first-order valence-corrected chi connectivity index (χ1v) is 17.0. The summed E-state index contributed by atoms with van der Waals surface area (Å²) in [7, 11) is 0. The maximum absolute atomic E-state index is 6.45. The molecule has 0 fully saturated rings. The lowest BCUT2D eigenvalue weighted by Gasteiger charge is -2.29. The number of fused-ring (bicyclic) bond motifs is 3. The number of anilines is 3. The van der Waals surface area contributed by atoms with Crippen LogP contribution in [0.5, 0.6) is 0 Å². The molecule has 0 amide bonds. The number of hydrogen-bond acceptors (Lipinski definition) is 2. The van der Waals surface area contributed by atoms with Gasteiger partial charge in [0.15, 0.2) is 0 Å². The van der Waals surface area contributed by atoms with E-state index < -0.39 is 0 Å². The summed E-state index contributed by atoms with van der Waals surface area (Å²) in [6.45, 7) is 0. The number of rotatable bonds is 7. The van der Waals surface area contributed by atoms with Gasteiger partial charge in [-0.25, -0.2) is 0 Å². The predicted octanol–water partition coefficient (Wildman–Crippen LogP) is 13.7. The first-order valence-electron chi connectivity index (χ1n) is 17.0. The van der Waals surface area contributed by atoms with Gasteiger partial charge in [-0.15, -0.1) is 0 Å². The first kappa shape index (κ1) is 29.5. The molecule has 0 unspecified atom stereocenters. The van der Waals surface area contributed by atoms with E-state index in [0.29, 0.717) is 0 Å². The van der Waals surface area contributed by atoms with Crippen molar-refractivity contribution in [1.29, 1.82) is 0 Å². The van der Waals surface area contributed by atoms with Crippen LogP contribution in [0.15, 0.2) is 205 Å². The highest BCUT2D eigenvalue weighted by atomic mass is 16.3. The summed E-state index contributed by atoms with van der Waals surface area (Å²) in [5, 5.41) is 2.24. The van der Waals surface area contributed by atoms with E-state index in [-0.39, 0.29) is 0 Å². The minimum absolute atomic E-state index is 0.876. The standard InChI is InChI=1S/C48H33NO/c1-4-14-34(15-5-1)36-26-29-41(30-27-36)49(40-20-8-3-9-21-40)45-24-13-23-42(38-19-12-18-37(32-38)35-16-6-2-7-17-35)48(45)39-28-31-44-43-22-10-11-25-46(43)50-47(44)33-39/h1-33H. The van der Waals surface area contributed by atoms with Crippen LogP contribution in [0.25, 0.3) is 66.4 Å². The van der Waals surface area contributed by atoms with Crippen molar-refractivity contribution in [3.05, 3.63) is 200 Å². The van der Waals surface area contributed by atoms with Crippen molar-refractivity contribution in [3.63, 3.8) is 0 Å². The van der Waals surface area contributed by atoms with E-state index in [1.807, 2.05) is 12.1 Å². The summed E-state index contributed by atoms with van der Waals surface area (Å²) in [5.41, 5.74) is 14.3. The second-order valence-electron chi connectivity index (χ2n) is 12.5. The highest BCUT2D eigenvalue weighted by Crippen LogP contribution is 2.47. The molecule has 236 valence electrons. The normalized spacial score (nSPS) is 11.2. The number of para-hydroxylation sites is 2. The Hall–Kier alpha value is -6.64. The van der Waals surface area contributed by atoms with Crippen LogP contribution in [-0.2, 0) is 0 Å². The van der Waals surface area contributed by atoms with Crippen LogP contribution in [0.4, 0.5) is 17.1 Å². The molecular weight excluding hydrogens is 607 g/mol. The van der Waals surface area contributed by atoms with Crippen molar-refractivity contribution in [3.8, 4) is 44.5 Å². The molecule has 0 aliphatic carbocycles. The molecule has 0 aliphatic heterocycles. The monoisotopic (exact) mass is 639 g/mol. The Balaban J connectivity index is 1.28. The highest BCUT2D eigenvalue weighted by molar-refractivity contribution is 6.07. The molecule has 0 atom stereocenters. The average Bonchev–Trinajstić information content (AvgIpc) is 3.57. The molecule has 0 aliphatic rings. The lowest BCUT2D eigenvalue weighted by Crippen LogP contribution is -2.11. The van der Waals surface area contributed by atoms with E-state index >= 15 is 0 Å². The summed E-state index contributed by atoms with van der Waals surface area (Å²) in [6, 6.07) is 71.1. The lowest BCUT2D eigenvalue weighted by molar-refractivity contribution is 0.669. The van der Waals surface area contributed by atoms with Crippen molar-refractivity contribution < 1.29 is 4.42 Å². The maximum atomic E-state index is 6.45. The van der Waals surface area contributed by atoms with Crippen molar-refractivity contribution in [2.75, 3.05) is 4.90 Å². The molecule has 9 aromatic rings. The maximum Gasteiger partial charge on any atom is 0.136 e. The van der Waals surface area contributed by atoms with Gasteiger partial charge in [-0.05, 0) is 93.5 Å². The predicted molar refractivity (Wildman–Crippen MR) is 210 cm³/mol. The SMILES string of the molecule is c1ccc(-c2ccc(N(c3ccccc3)c3cccc(-c4cccc(-c5ccccc5)c4)c3-c3ccc4c(c3)oc3ccccc34)cc2)cc1.